The second-order valence-corrected chi connectivity index (χ2v) is 2.81. The van der Waals surface area contributed by atoms with E-state index in [0.717, 1.165) is 11.4 Å². The fraction of sp³-hybridized carbons (Fsp3) is 0.231. The first-order valence-corrected chi connectivity index (χ1v) is 5.58. The monoisotopic (exact) mass is 232 g/mol. The van der Waals surface area contributed by atoms with Gasteiger partial charge in [-0.05, 0) is 24.3 Å². The Morgan fingerprint density at radius 1 is 1.00 bits per heavy atom. The van der Waals surface area contributed by atoms with Crippen LogP contribution in [0.4, 0.5) is 5.69 Å². The molecule has 0 unspecified atom stereocenters. The third kappa shape index (κ3) is 7.93. The summed E-state index contributed by atoms with van der Waals surface area (Å²) in [4.78, 5) is 7.74. The lowest BCUT2D eigenvalue weighted by atomic mass is 10.4. The van der Waals surface area contributed by atoms with Crippen molar-refractivity contribution in [1.29, 1.82) is 0 Å². The van der Waals surface area contributed by atoms with E-state index < -0.39 is 0 Å². The number of nitrogens with zero attached hydrogens (tertiary/aromatic N) is 2. The molecule has 17 heavy (non-hydrogen) atoms. The van der Waals surface area contributed by atoms with Crippen LogP contribution in [0.5, 0.6) is 0 Å². The molecule has 92 valence electrons. The molecule has 0 bridgehead atoms. The molecule has 0 fully saturated rings. The number of pyridine rings is 2. The van der Waals surface area contributed by atoms with E-state index in [0.29, 0.717) is 6.54 Å². The Balaban J connectivity index is 0.000000265. The summed E-state index contributed by atoms with van der Waals surface area (Å²) in [7, 11) is 0. The van der Waals surface area contributed by atoms with E-state index in [9.17, 15) is 0 Å². The van der Waals surface area contributed by atoms with E-state index in [-0.39, 0.29) is 0 Å². The van der Waals surface area contributed by atoms with Gasteiger partial charge >= 0.3 is 0 Å². The molecular weight excluding hydrogens is 212 g/mol. The quantitative estimate of drug-likeness (QED) is 0.790. The van der Waals surface area contributed by atoms with Crippen molar-refractivity contribution >= 4 is 5.69 Å². The molecule has 4 heteroatoms. The van der Waals surface area contributed by atoms with Crippen LogP contribution in [0.15, 0.2) is 48.9 Å². The molecule has 0 radical (unpaired) electrons. The summed E-state index contributed by atoms with van der Waals surface area (Å²) in [5.41, 5.74) is 12.3. The lowest BCUT2D eigenvalue weighted by Crippen LogP contribution is -1.97. The number of aromatic nitrogens is 2. The average molecular weight is 232 g/mol. The summed E-state index contributed by atoms with van der Waals surface area (Å²) in [6.07, 6.45) is 5.06. The lowest BCUT2D eigenvalue weighted by Gasteiger charge is -1.89. The molecular formula is C13H20N4. The van der Waals surface area contributed by atoms with Crippen LogP contribution in [0.25, 0.3) is 0 Å². The molecule has 2 aromatic heterocycles. The van der Waals surface area contributed by atoms with Gasteiger partial charge in [0.2, 0.25) is 0 Å². The first-order valence-electron chi connectivity index (χ1n) is 5.58. The third-order valence-corrected chi connectivity index (χ3v) is 1.64. The SMILES string of the molecule is CC.NCc1ccccn1.Nc1ccncc1. The zero-order chi connectivity index (χ0) is 12.9. The maximum atomic E-state index is 5.32. The third-order valence-electron chi connectivity index (χ3n) is 1.64. The van der Waals surface area contributed by atoms with E-state index in [1.807, 2.05) is 32.0 Å². The summed E-state index contributed by atoms with van der Waals surface area (Å²) < 4.78 is 0. The molecule has 0 atom stereocenters. The van der Waals surface area contributed by atoms with Crippen LogP contribution in [0.1, 0.15) is 19.5 Å². The average Bonchev–Trinajstić information content (AvgIpc) is 2.43. The maximum Gasteiger partial charge on any atom is 0.0539 e. The van der Waals surface area contributed by atoms with Crippen LogP contribution in [-0.2, 0) is 6.54 Å². The predicted octanol–water partition coefficient (Wildman–Crippen LogP) is 2.23. The molecule has 0 aliphatic rings. The molecule has 0 aromatic carbocycles. The highest BCUT2D eigenvalue weighted by molar-refractivity contribution is 5.33. The van der Waals surface area contributed by atoms with E-state index in [4.69, 9.17) is 11.5 Å². The second kappa shape index (κ2) is 10.6. The first kappa shape index (κ1) is 15.1. The van der Waals surface area contributed by atoms with Crippen LogP contribution < -0.4 is 11.5 Å². The van der Waals surface area contributed by atoms with Crippen LogP contribution in [0.2, 0.25) is 0 Å². The zero-order valence-corrected chi connectivity index (χ0v) is 10.4. The van der Waals surface area contributed by atoms with Crippen molar-refractivity contribution in [2.45, 2.75) is 20.4 Å². The van der Waals surface area contributed by atoms with Crippen LogP contribution in [0.3, 0.4) is 0 Å². The molecule has 0 spiro atoms. The molecule has 0 aliphatic heterocycles. The summed E-state index contributed by atoms with van der Waals surface area (Å²) in [6, 6.07) is 9.20. The van der Waals surface area contributed by atoms with Crippen LogP contribution >= 0.6 is 0 Å². The molecule has 4 nitrogen and oxygen atoms in total. The van der Waals surface area contributed by atoms with E-state index in [1.54, 1.807) is 30.7 Å². The van der Waals surface area contributed by atoms with Gasteiger partial charge in [-0.2, -0.15) is 0 Å². The van der Waals surface area contributed by atoms with Crippen molar-refractivity contribution in [2.75, 3.05) is 5.73 Å². The van der Waals surface area contributed by atoms with Crippen molar-refractivity contribution in [3.63, 3.8) is 0 Å². The van der Waals surface area contributed by atoms with Gasteiger partial charge in [0.05, 0.1) is 5.69 Å². The Bertz CT molecular complexity index is 362. The molecule has 0 amide bonds. The minimum Gasteiger partial charge on any atom is -0.399 e. The van der Waals surface area contributed by atoms with Gasteiger partial charge in [0.25, 0.3) is 0 Å². The van der Waals surface area contributed by atoms with Gasteiger partial charge in [-0.25, -0.2) is 0 Å². The highest BCUT2D eigenvalue weighted by Crippen LogP contribution is 1.92. The van der Waals surface area contributed by atoms with Crippen LogP contribution in [-0.4, -0.2) is 9.97 Å². The summed E-state index contributed by atoms with van der Waals surface area (Å²) in [5.74, 6) is 0. The molecule has 0 saturated heterocycles. The van der Waals surface area contributed by atoms with Gasteiger partial charge in [-0.15, -0.1) is 0 Å². The summed E-state index contributed by atoms with van der Waals surface area (Å²) in [5, 5.41) is 0. The Morgan fingerprint density at radius 2 is 1.65 bits per heavy atom. The van der Waals surface area contributed by atoms with Gasteiger partial charge < -0.3 is 11.5 Å². The number of rotatable bonds is 1. The van der Waals surface area contributed by atoms with E-state index >= 15 is 0 Å². The minimum absolute atomic E-state index is 0.529. The fourth-order valence-electron chi connectivity index (χ4n) is 0.882. The standard InChI is InChI=1S/C6H8N2.C5H6N2.C2H6/c7-5-6-3-1-2-4-8-6;6-5-1-3-7-4-2-5;1-2/h1-4H,5,7H2;1-4H,(H2,6,7);1-2H3. The topological polar surface area (TPSA) is 77.8 Å². The fourth-order valence-corrected chi connectivity index (χ4v) is 0.882. The second-order valence-electron chi connectivity index (χ2n) is 2.81. The maximum absolute atomic E-state index is 5.32. The van der Waals surface area contributed by atoms with Crippen molar-refractivity contribution < 1.29 is 0 Å². The molecule has 0 aliphatic carbocycles. The van der Waals surface area contributed by atoms with Gasteiger partial charge in [-0.1, -0.05) is 19.9 Å². The minimum atomic E-state index is 0.529. The van der Waals surface area contributed by atoms with Gasteiger partial charge in [0.15, 0.2) is 0 Å². The van der Waals surface area contributed by atoms with Gasteiger partial charge in [-0.3, -0.25) is 9.97 Å². The van der Waals surface area contributed by atoms with Crippen molar-refractivity contribution in [2.24, 2.45) is 5.73 Å². The molecule has 0 saturated carbocycles. The normalized spacial score (nSPS) is 8.18. The highest BCUT2D eigenvalue weighted by Gasteiger charge is 1.81. The number of hydrogen-bond donors (Lipinski definition) is 2. The Hall–Kier alpha value is -1.94. The lowest BCUT2D eigenvalue weighted by molar-refractivity contribution is 0.991. The molecule has 2 rings (SSSR count). The predicted molar refractivity (Wildman–Crippen MR) is 72.1 cm³/mol. The summed E-state index contributed by atoms with van der Waals surface area (Å²) >= 11 is 0. The number of nitrogens with two attached hydrogens (primary N) is 2. The summed E-state index contributed by atoms with van der Waals surface area (Å²) in [6.45, 7) is 4.53. The number of nitrogen functional groups attached to an aromatic ring is 1. The molecule has 4 N–H and O–H groups in total. The van der Waals surface area contributed by atoms with Gasteiger partial charge in [0, 0.05) is 30.8 Å². The Labute approximate surface area is 103 Å². The highest BCUT2D eigenvalue weighted by atomic mass is 14.7. The van der Waals surface area contributed by atoms with Crippen LogP contribution in [0, 0.1) is 0 Å². The smallest absolute Gasteiger partial charge is 0.0539 e. The number of anilines is 1. The van der Waals surface area contributed by atoms with E-state index in [2.05, 4.69) is 9.97 Å². The van der Waals surface area contributed by atoms with Crippen molar-refractivity contribution in [1.82, 2.24) is 9.97 Å². The zero-order valence-electron chi connectivity index (χ0n) is 10.4. The molecule has 2 heterocycles. The first-order chi connectivity index (χ1) is 8.33. The molecule has 2 aromatic rings. The van der Waals surface area contributed by atoms with Crippen molar-refractivity contribution in [3.8, 4) is 0 Å². The largest absolute Gasteiger partial charge is 0.399 e. The Morgan fingerprint density at radius 3 is 1.94 bits per heavy atom. The van der Waals surface area contributed by atoms with Gasteiger partial charge in [0.1, 0.15) is 0 Å². The van der Waals surface area contributed by atoms with E-state index in [1.165, 1.54) is 0 Å². The number of hydrogen-bond acceptors (Lipinski definition) is 4. The Kier molecular flexibility index (Phi) is 9.37. The van der Waals surface area contributed by atoms with Crippen molar-refractivity contribution in [3.05, 3.63) is 54.6 Å².